The highest BCUT2D eigenvalue weighted by Gasteiger charge is 2.17. The molecule has 1 rings (SSSR count). The van der Waals surface area contributed by atoms with Crippen LogP contribution in [0.1, 0.15) is 24.2 Å². The largest absolute Gasteiger partial charge is 0.507 e. The maximum atomic E-state index is 12.0. The summed E-state index contributed by atoms with van der Waals surface area (Å²) >= 11 is 0. The number of hydrogen-bond acceptors (Lipinski definition) is 4. The van der Waals surface area contributed by atoms with E-state index in [4.69, 9.17) is 9.84 Å². The maximum absolute atomic E-state index is 12.0. The van der Waals surface area contributed by atoms with Crippen molar-refractivity contribution in [2.75, 3.05) is 13.7 Å². The second-order valence-electron chi connectivity index (χ2n) is 4.31. The van der Waals surface area contributed by atoms with Crippen molar-refractivity contribution in [2.24, 2.45) is 5.92 Å². The summed E-state index contributed by atoms with van der Waals surface area (Å²) in [6.07, 6.45) is 0. The molecule has 18 heavy (non-hydrogen) atoms. The van der Waals surface area contributed by atoms with E-state index in [1.807, 2.05) is 6.92 Å². The standard InChI is InChI=1S/C13H19NO4/c1-8(7-15)9(2)14-13(17)11-6-10(18-3)4-5-12(11)16/h4-6,8-9,15-16H,7H2,1-3H3,(H,14,17). The van der Waals surface area contributed by atoms with Crippen LogP contribution in [-0.2, 0) is 0 Å². The lowest BCUT2D eigenvalue weighted by atomic mass is 10.0. The third-order valence-corrected chi connectivity index (χ3v) is 2.95. The van der Waals surface area contributed by atoms with Crippen molar-refractivity contribution in [1.82, 2.24) is 5.32 Å². The quantitative estimate of drug-likeness (QED) is 0.735. The van der Waals surface area contributed by atoms with Gasteiger partial charge in [0.25, 0.3) is 5.91 Å². The molecule has 0 aromatic heterocycles. The minimum atomic E-state index is -0.390. The van der Waals surface area contributed by atoms with Gasteiger partial charge in [0, 0.05) is 12.6 Å². The summed E-state index contributed by atoms with van der Waals surface area (Å²) in [6.45, 7) is 3.62. The molecule has 0 aliphatic heterocycles. The van der Waals surface area contributed by atoms with Gasteiger partial charge in [-0.15, -0.1) is 0 Å². The topological polar surface area (TPSA) is 78.8 Å². The number of phenolic OH excluding ortho intramolecular Hbond substituents is 1. The van der Waals surface area contributed by atoms with Crippen LogP contribution in [0.2, 0.25) is 0 Å². The number of ether oxygens (including phenoxy) is 1. The number of rotatable bonds is 5. The van der Waals surface area contributed by atoms with E-state index in [1.54, 1.807) is 13.0 Å². The van der Waals surface area contributed by atoms with Gasteiger partial charge in [-0.2, -0.15) is 0 Å². The van der Waals surface area contributed by atoms with Gasteiger partial charge in [-0.3, -0.25) is 4.79 Å². The molecule has 0 heterocycles. The van der Waals surface area contributed by atoms with Crippen LogP contribution in [0.3, 0.4) is 0 Å². The Bertz CT molecular complexity index is 419. The van der Waals surface area contributed by atoms with Crippen LogP contribution >= 0.6 is 0 Å². The van der Waals surface area contributed by atoms with Gasteiger partial charge >= 0.3 is 0 Å². The third-order valence-electron chi connectivity index (χ3n) is 2.95. The molecule has 5 nitrogen and oxygen atoms in total. The number of amides is 1. The SMILES string of the molecule is COc1ccc(O)c(C(=O)NC(C)C(C)CO)c1. The summed E-state index contributed by atoms with van der Waals surface area (Å²) in [6, 6.07) is 4.27. The summed E-state index contributed by atoms with van der Waals surface area (Å²) in [7, 11) is 1.49. The van der Waals surface area contributed by atoms with E-state index >= 15 is 0 Å². The first kappa shape index (κ1) is 14.3. The Morgan fingerprint density at radius 1 is 1.44 bits per heavy atom. The Hall–Kier alpha value is -1.75. The second-order valence-corrected chi connectivity index (χ2v) is 4.31. The highest BCUT2D eigenvalue weighted by Crippen LogP contribution is 2.22. The molecule has 3 N–H and O–H groups in total. The average Bonchev–Trinajstić information content (AvgIpc) is 2.38. The van der Waals surface area contributed by atoms with Gasteiger partial charge in [0.05, 0.1) is 12.7 Å². The van der Waals surface area contributed by atoms with Crippen molar-refractivity contribution in [1.29, 1.82) is 0 Å². The van der Waals surface area contributed by atoms with Gasteiger partial charge in [0.15, 0.2) is 0 Å². The molecule has 0 fully saturated rings. The number of benzene rings is 1. The van der Waals surface area contributed by atoms with E-state index in [2.05, 4.69) is 5.32 Å². The Balaban J connectivity index is 2.83. The van der Waals surface area contributed by atoms with Gasteiger partial charge < -0.3 is 20.3 Å². The third kappa shape index (κ3) is 3.37. The van der Waals surface area contributed by atoms with Crippen LogP contribution in [0.15, 0.2) is 18.2 Å². The molecule has 0 saturated heterocycles. The van der Waals surface area contributed by atoms with Crippen molar-refractivity contribution < 1.29 is 19.7 Å². The lowest BCUT2D eigenvalue weighted by Crippen LogP contribution is -2.38. The first-order valence-electron chi connectivity index (χ1n) is 5.78. The molecular weight excluding hydrogens is 234 g/mol. The highest BCUT2D eigenvalue weighted by atomic mass is 16.5. The van der Waals surface area contributed by atoms with Crippen molar-refractivity contribution in [3.63, 3.8) is 0 Å². The van der Waals surface area contributed by atoms with Crippen molar-refractivity contribution >= 4 is 5.91 Å². The van der Waals surface area contributed by atoms with Gasteiger partial charge in [0.2, 0.25) is 0 Å². The lowest BCUT2D eigenvalue weighted by molar-refractivity contribution is 0.0913. The zero-order chi connectivity index (χ0) is 13.7. The van der Waals surface area contributed by atoms with Crippen LogP contribution in [0.25, 0.3) is 0 Å². The van der Waals surface area contributed by atoms with Crippen molar-refractivity contribution in [3.8, 4) is 11.5 Å². The normalized spacial score (nSPS) is 13.8. The molecular formula is C13H19NO4. The minimum absolute atomic E-state index is 0.00839. The van der Waals surface area contributed by atoms with E-state index in [0.29, 0.717) is 5.75 Å². The minimum Gasteiger partial charge on any atom is -0.507 e. The number of methoxy groups -OCH3 is 1. The number of carbonyl (C=O) groups is 1. The number of aliphatic hydroxyl groups is 1. The Morgan fingerprint density at radius 2 is 2.11 bits per heavy atom. The molecule has 0 aliphatic carbocycles. The Morgan fingerprint density at radius 3 is 2.67 bits per heavy atom. The predicted molar refractivity (Wildman–Crippen MR) is 67.8 cm³/mol. The summed E-state index contributed by atoms with van der Waals surface area (Å²) in [5.41, 5.74) is 0.159. The summed E-state index contributed by atoms with van der Waals surface area (Å²) in [4.78, 5) is 12.0. The predicted octanol–water partition coefficient (Wildman–Crippen LogP) is 1.15. The molecule has 2 atom stereocenters. The molecule has 1 aromatic rings. The Labute approximate surface area is 106 Å². The molecule has 1 aromatic carbocycles. The second kappa shape index (κ2) is 6.26. The number of hydrogen-bond donors (Lipinski definition) is 3. The van der Waals surface area contributed by atoms with Crippen molar-refractivity contribution in [3.05, 3.63) is 23.8 Å². The van der Waals surface area contributed by atoms with Gasteiger partial charge in [-0.1, -0.05) is 6.92 Å². The average molecular weight is 253 g/mol. The monoisotopic (exact) mass is 253 g/mol. The first-order chi connectivity index (χ1) is 8.49. The van der Waals surface area contributed by atoms with Crippen LogP contribution in [0.4, 0.5) is 0 Å². The first-order valence-corrected chi connectivity index (χ1v) is 5.78. The lowest BCUT2D eigenvalue weighted by Gasteiger charge is -2.19. The molecule has 0 saturated carbocycles. The van der Waals surface area contributed by atoms with Crippen LogP contribution in [0, 0.1) is 5.92 Å². The zero-order valence-electron chi connectivity index (χ0n) is 10.8. The summed E-state index contributed by atoms with van der Waals surface area (Å²) in [5.74, 6) is -0.0427. The van der Waals surface area contributed by atoms with Crippen LogP contribution in [0.5, 0.6) is 11.5 Å². The fraction of sp³-hybridized carbons (Fsp3) is 0.462. The highest BCUT2D eigenvalue weighted by molar-refractivity contribution is 5.97. The van der Waals surface area contributed by atoms with E-state index in [1.165, 1.54) is 19.2 Å². The summed E-state index contributed by atoms with van der Waals surface area (Å²) < 4.78 is 5.00. The molecule has 1 amide bonds. The van der Waals surface area contributed by atoms with Crippen LogP contribution < -0.4 is 10.1 Å². The number of nitrogens with one attached hydrogen (secondary N) is 1. The molecule has 0 bridgehead atoms. The Kier molecular flexibility index (Phi) is 4.97. The van der Waals surface area contributed by atoms with Crippen LogP contribution in [-0.4, -0.2) is 35.9 Å². The maximum Gasteiger partial charge on any atom is 0.255 e. The van der Waals surface area contributed by atoms with E-state index < -0.39 is 0 Å². The molecule has 0 aliphatic rings. The number of phenols is 1. The number of carbonyl (C=O) groups excluding carboxylic acids is 1. The van der Waals surface area contributed by atoms with Crippen molar-refractivity contribution in [2.45, 2.75) is 19.9 Å². The number of aromatic hydroxyl groups is 1. The smallest absolute Gasteiger partial charge is 0.255 e. The fourth-order valence-electron chi connectivity index (χ4n) is 1.41. The van der Waals surface area contributed by atoms with E-state index in [0.717, 1.165) is 0 Å². The fourth-order valence-corrected chi connectivity index (χ4v) is 1.41. The molecule has 100 valence electrons. The van der Waals surface area contributed by atoms with E-state index in [9.17, 15) is 9.90 Å². The van der Waals surface area contributed by atoms with Gasteiger partial charge in [-0.25, -0.2) is 0 Å². The molecule has 0 radical (unpaired) electrons. The molecule has 2 unspecified atom stereocenters. The van der Waals surface area contributed by atoms with Gasteiger partial charge in [0.1, 0.15) is 11.5 Å². The summed E-state index contributed by atoms with van der Waals surface area (Å²) in [5, 5.41) is 21.4. The van der Waals surface area contributed by atoms with Gasteiger partial charge in [-0.05, 0) is 31.0 Å². The molecule has 0 spiro atoms. The number of aliphatic hydroxyl groups excluding tert-OH is 1. The zero-order valence-corrected chi connectivity index (χ0v) is 10.8. The molecule has 5 heteroatoms. The van der Waals surface area contributed by atoms with E-state index in [-0.39, 0.29) is 35.8 Å².